The molecule has 0 saturated heterocycles. The number of carbonyl (C=O) groups excluding carboxylic acids is 3. The van der Waals surface area contributed by atoms with E-state index in [-0.39, 0.29) is 16.4 Å². The Kier molecular flexibility index (Phi) is 8.36. The number of aryl methyl sites for hydroxylation is 1. The van der Waals surface area contributed by atoms with Crippen molar-refractivity contribution in [3.05, 3.63) is 59.7 Å². The smallest absolute Gasteiger partial charge is 0.338 e. The van der Waals surface area contributed by atoms with Gasteiger partial charge in [0.1, 0.15) is 0 Å². The highest BCUT2D eigenvalue weighted by atomic mass is 32.2. The van der Waals surface area contributed by atoms with Crippen LogP contribution in [-0.4, -0.2) is 46.5 Å². The number of urea groups is 1. The van der Waals surface area contributed by atoms with Gasteiger partial charge in [0.2, 0.25) is 0 Å². The molecule has 0 unspecified atom stereocenters. The Hall–Kier alpha value is -3.40. The summed E-state index contributed by atoms with van der Waals surface area (Å²) in [5, 5.41) is 4.55. The third-order valence-corrected chi connectivity index (χ3v) is 6.17. The Bertz CT molecular complexity index is 1080. The molecule has 10 heteroatoms. The van der Waals surface area contributed by atoms with E-state index < -0.39 is 34.5 Å². The second kappa shape index (κ2) is 10.8. The summed E-state index contributed by atoms with van der Waals surface area (Å²) in [4.78, 5) is 35.5. The van der Waals surface area contributed by atoms with Crippen molar-refractivity contribution >= 4 is 33.6 Å². The zero-order valence-electron chi connectivity index (χ0n) is 18.4. The molecule has 0 aliphatic heterocycles. The van der Waals surface area contributed by atoms with Gasteiger partial charge in [-0.25, -0.2) is 18.0 Å². The minimum atomic E-state index is -3.93. The highest BCUT2D eigenvalue weighted by Gasteiger charge is 2.23. The van der Waals surface area contributed by atoms with Crippen molar-refractivity contribution in [1.29, 1.82) is 0 Å². The fraction of sp³-hybridized carbons (Fsp3) is 0.318. The maximum atomic E-state index is 13.0. The molecule has 172 valence electrons. The largest absolute Gasteiger partial charge is 0.452 e. The summed E-state index contributed by atoms with van der Waals surface area (Å²) in [5.74, 6) is -1.48. The van der Waals surface area contributed by atoms with E-state index in [1.807, 2.05) is 26.1 Å². The number of hydrogen-bond donors (Lipinski definition) is 2. The van der Waals surface area contributed by atoms with E-state index in [2.05, 4.69) is 5.32 Å². The van der Waals surface area contributed by atoms with Crippen molar-refractivity contribution in [3.63, 3.8) is 0 Å². The fourth-order valence-electron chi connectivity index (χ4n) is 2.55. The molecule has 3 amide bonds. The third kappa shape index (κ3) is 6.81. The zero-order chi connectivity index (χ0) is 23.9. The number of ether oxygens (including phenoxy) is 1. The highest BCUT2D eigenvalue weighted by Crippen LogP contribution is 2.23. The molecule has 0 radical (unpaired) electrons. The minimum absolute atomic E-state index is 0.0413. The van der Waals surface area contributed by atoms with Gasteiger partial charge >= 0.3 is 12.0 Å². The maximum absolute atomic E-state index is 13.0. The van der Waals surface area contributed by atoms with Gasteiger partial charge in [0.25, 0.3) is 15.9 Å². The summed E-state index contributed by atoms with van der Waals surface area (Å²) in [6, 6.07) is 11.6. The molecule has 0 aromatic heterocycles. The van der Waals surface area contributed by atoms with Crippen LogP contribution in [0.15, 0.2) is 53.4 Å². The maximum Gasteiger partial charge on any atom is 0.338 e. The zero-order valence-corrected chi connectivity index (χ0v) is 19.2. The number of hydrogen-bond acceptors (Lipinski definition) is 6. The van der Waals surface area contributed by atoms with Crippen LogP contribution in [0.5, 0.6) is 0 Å². The van der Waals surface area contributed by atoms with Crippen molar-refractivity contribution in [2.45, 2.75) is 25.7 Å². The average molecular weight is 462 g/mol. The second-order valence-electron chi connectivity index (χ2n) is 7.56. The topological polar surface area (TPSA) is 122 Å². The Morgan fingerprint density at radius 1 is 1.06 bits per heavy atom. The third-order valence-electron chi connectivity index (χ3n) is 4.38. The Morgan fingerprint density at radius 3 is 2.34 bits per heavy atom. The molecule has 0 atom stereocenters. The Morgan fingerprint density at radius 2 is 1.72 bits per heavy atom. The number of rotatable bonds is 8. The molecule has 9 nitrogen and oxygen atoms in total. The summed E-state index contributed by atoms with van der Waals surface area (Å²) < 4.78 is 31.9. The number of nitrogens with zero attached hydrogens (tertiary/aromatic N) is 1. The molecular formula is C22H27N3O6S. The predicted octanol–water partition coefficient (Wildman–Crippen LogP) is 2.46. The lowest BCUT2D eigenvalue weighted by Gasteiger charge is -2.20. The van der Waals surface area contributed by atoms with E-state index in [0.717, 1.165) is 9.87 Å². The molecule has 0 aliphatic carbocycles. The first kappa shape index (κ1) is 24.9. The quantitative estimate of drug-likeness (QED) is 0.583. The van der Waals surface area contributed by atoms with Crippen molar-refractivity contribution in [2.75, 3.05) is 24.5 Å². The first-order chi connectivity index (χ1) is 15.0. The van der Waals surface area contributed by atoms with Crippen LogP contribution in [0.25, 0.3) is 0 Å². The molecule has 0 aliphatic rings. The van der Waals surface area contributed by atoms with Crippen molar-refractivity contribution in [2.24, 2.45) is 5.92 Å². The van der Waals surface area contributed by atoms with Crippen molar-refractivity contribution in [3.8, 4) is 0 Å². The van der Waals surface area contributed by atoms with Gasteiger partial charge in [-0.3, -0.25) is 14.4 Å². The summed E-state index contributed by atoms with van der Waals surface area (Å²) in [6.07, 6.45) is 0. The lowest BCUT2D eigenvalue weighted by Crippen LogP contribution is -2.42. The van der Waals surface area contributed by atoms with Crippen LogP contribution in [0, 0.1) is 12.8 Å². The number of amides is 3. The van der Waals surface area contributed by atoms with Gasteiger partial charge in [-0.1, -0.05) is 37.6 Å². The van der Waals surface area contributed by atoms with E-state index in [9.17, 15) is 22.8 Å². The van der Waals surface area contributed by atoms with Crippen LogP contribution in [0.3, 0.4) is 0 Å². The van der Waals surface area contributed by atoms with Gasteiger partial charge in [-0.05, 0) is 43.2 Å². The van der Waals surface area contributed by atoms with E-state index in [1.54, 1.807) is 24.3 Å². The number of nitrogens with one attached hydrogen (secondary N) is 2. The van der Waals surface area contributed by atoms with Gasteiger partial charge < -0.3 is 10.1 Å². The first-order valence-electron chi connectivity index (χ1n) is 9.91. The molecule has 0 bridgehead atoms. The van der Waals surface area contributed by atoms with Gasteiger partial charge in [-0.15, -0.1) is 0 Å². The highest BCUT2D eigenvalue weighted by molar-refractivity contribution is 7.92. The lowest BCUT2D eigenvalue weighted by atomic mass is 10.2. The Balaban J connectivity index is 2.03. The summed E-state index contributed by atoms with van der Waals surface area (Å²) in [5.41, 5.74) is 1.42. The second-order valence-corrected chi connectivity index (χ2v) is 9.53. The fourth-order valence-corrected chi connectivity index (χ4v) is 3.80. The first-order valence-corrected chi connectivity index (χ1v) is 11.3. The van der Waals surface area contributed by atoms with Crippen LogP contribution in [0.2, 0.25) is 0 Å². The molecule has 2 aromatic rings. The lowest BCUT2D eigenvalue weighted by molar-refractivity contribution is -0.123. The van der Waals surface area contributed by atoms with E-state index in [1.165, 1.54) is 31.3 Å². The molecule has 0 fully saturated rings. The van der Waals surface area contributed by atoms with Crippen LogP contribution in [-0.2, 0) is 19.6 Å². The number of anilines is 1. The van der Waals surface area contributed by atoms with Crippen molar-refractivity contribution < 1.29 is 27.5 Å². The molecular weight excluding hydrogens is 434 g/mol. The molecule has 0 spiro atoms. The number of esters is 1. The van der Waals surface area contributed by atoms with Crippen LogP contribution in [0.1, 0.15) is 29.8 Å². The van der Waals surface area contributed by atoms with Crippen LogP contribution < -0.4 is 14.9 Å². The monoisotopic (exact) mass is 461 g/mol. The predicted molar refractivity (Wildman–Crippen MR) is 120 cm³/mol. The summed E-state index contributed by atoms with van der Waals surface area (Å²) >= 11 is 0. The van der Waals surface area contributed by atoms with E-state index in [0.29, 0.717) is 12.2 Å². The molecule has 2 aromatic carbocycles. The number of sulfonamides is 1. The number of carbonyl (C=O) groups is 3. The average Bonchev–Trinajstić information content (AvgIpc) is 2.76. The van der Waals surface area contributed by atoms with E-state index >= 15 is 0 Å². The standard InChI is InChI=1S/C22H27N3O6S/c1-15(2)13-23-22(28)24-20(26)14-31-21(27)17-6-5-7-19(12-17)32(29,30)25(4)18-10-8-16(3)9-11-18/h5-12,15H,13-14H2,1-4H3,(H2,23,24,26,28). The molecule has 2 N–H and O–H groups in total. The van der Waals surface area contributed by atoms with Crippen LogP contribution >= 0.6 is 0 Å². The van der Waals surface area contributed by atoms with Crippen LogP contribution in [0.4, 0.5) is 10.5 Å². The molecule has 0 saturated carbocycles. The molecule has 2 rings (SSSR count). The van der Waals surface area contributed by atoms with Crippen molar-refractivity contribution in [1.82, 2.24) is 10.6 Å². The SMILES string of the molecule is Cc1ccc(N(C)S(=O)(=O)c2cccc(C(=O)OCC(=O)NC(=O)NCC(C)C)c2)cc1. The van der Waals surface area contributed by atoms with E-state index in [4.69, 9.17) is 4.74 Å². The summed E-state index contributed by atoms with van der Waals surface area (Å²) in [6.45, 7) is 5.39. The number of imide groups is 1. The molecule has 32 heavy (non-hydrogen) atoms. The van der Waals surface area contributed by atoms with Gasteiger partial charge in [0.05, 0.1) is 16.1 Å². The normalized spacial score (nSPS) is 11.0. The van der Waals surface area contributed by atoms with Gasteiger partial charge in [0, 0.05) is 13.6 Å². The summed E-state index contributed by atoms with van der Waals surface area (Å²) in [7, 11) is -2.51. The van der Waals surface area contributed by atoms with Gasteiger partial charge in [0.15, 0.2) is 6.61 Å². The molecule has 0 heterocycles. The minimum Gasteiger partial charge on any atom is -0.452 e. The van der Waals surface area contributed by atoms with Gasteiger partial charge in [-0.2, -0.15) is 0 Å². The Labute approximate surface area is 187 Å². The number of benzene rings is 2.